The first kappa shape index (κ1) is 13.9. The summed E-state index contributed by atoms with van der Waals surface area (Å²) in [7, 11) is 1.75. The Bertz CT molecular complexity index is 146. The molecule has 86 valence electrons. The van der Waals surface area contributed by atoms with Crippen molar-refractivity contribution < 1.29 is 4.74 Å². The van der Waals surface area contributed by atoms with Crippen LogP contribution in [0.1, 0.15) is 34.1 Å². The second-order valence-corrected chi connectivity index (χ2v) is 4.14. The Hall–Kier alpha value is -0.120. The number of ether oxygens (including phenoxy) is 1. The molecule has 0 fully saturated rings. The fourth-order valence-electron chi connectivity index (χ4n) is 2.02. The van der Waals surface area contributed by atoms with Gasteiger partial charge >= 0.3 is 0 Å². The molecule has 14 heavy (non-hydrogen) atoms. The lowest BCUT2D eigenvalue weighted by Gasteiger charge is -2.43. The molecule has 0 aromatic carbocycles. The van der Waals surface area contributed by atoms with Crippen molar-refractivity contribution in [3.05, 3.63) is 0 Å². The topological polar surface area (TPSA) is 38.5 Å². The summed E-state index contributed by atoms with van der Waals surface area (Å²) in [6, 6.07) is 0.429. The summed E-state index contributed by atoms with van der Waals surface area (Å²) in [6.07, 6.45) is 1.07. The Morgan fingerprint density at radius 1 is 1.43 bits per heavy atom. The maximum absolute atomic E-state index is 5.85. The van der Waals surface area contributed by atoms with Gasteiger partial charge in [-0.05, 0) is 26.8 Å². The lowest BCUT2D eigenvalue weighted by atomic mass is 9.95. The van der Waals surface area contributed by atoms with Gasteiger partial charge in [0, 0.05) is 25.2 Å². The quantitative estimate of drug-likeness (QED) is 0.679. The molecular formula is C11H26N2O. The van der Waals surface area contributed by atoms with Crippen LogP contribution in [0.3, 0.4) is 0 Å². The molecule has 0 bridgehead atoms. The molecule has 3 heteroatoms. The Balaban J connectivity index is 4.50. The fraction of sp³-hybridized carbons (Fsp3) is 1.00. The average molecular weight is 202 g/mol. The highest BCUT2D eigenvalue weighted by molar-refractivity contribution is 4.88. The number of nitrogens with zero attached hydrogens (tertiary/aromatic N) is 1. The maximum atomic E-state index is 5.85. The molecular weight excluding hydrogens is 176 g/mol. The lowest BCUT2D eigenvalue weighted by molar-refractivity contribution is 0.0275. The molecule has 0 saturated carbocycles. The second-order valence-electron chi connectivity index (χ2n) is 4.14. The van der Waals surface area contributed by atoms with Crippen LogP contribution < -0.4 is 5.73 Å². The maximum Gasteiger partial charge on any atom is 0.0615 e. The summed E-state index contributed by atoms with van der Waals surface area (Å²) < 4.78 is 5.19. The molecule has 0 aliphatic rings. The standard InChI is InChI=1S/C11H26N2O/c1-6-11(4,9-12)13(7-2)10(3)8-14-5/h10H,6-9,12H2,1-5H3. The molecule has 0 aliphatic carbocycles. The van der Waals surface area contributed by atoms with Crippen molar-refractivity contribution in [3.8, 4) is 0 Å². The van der Waals surface area contributed by atoms with Crippen LogP contribution >= 0.6 is 0 Å². The minimum atomic E-state index is 0.104. The lowest BCUT2D eigenvalue weighted by Crippen LogP contribution is -2.55. The smallest absolute Gasteiger partial charge is 0.0615 e. The first-order valence-corrected chi connectivity index (χ1v) is 5.51. The normalized spacial score (nSPS) is 18.2. The number of methoxy groups -OCH3 is 1. The van der Waals surface area contributed by atoms with E-state index in [1.807, 2.05) is 0 Å². The van der Waals surface area contributed by atoms with Gasteiger partial charge in [-0.25, -0.2) is 0 Å². The van der Waals surface area contributed by atoms with Crippen LogP contribution in [0.15, 0.2) is 0 Å². The SMILES string of the molecule is CCN(C(C)COC)C(C)(CC)CN. The van der Waals surface area contributed by atoms with Gasteiger partial charge in [-0.3, -0.25) is 4.90 Å². The molecule has 0 rings (SSSR count). The van der Waals surface area contributed by atoms with Gasteiger partial charge in [-0.15, -0.1) is 0 Å². The van der Waals surface area contributed by atoms with Crippen molar-refractivity contribution in [1.29, 1.82) is 0 Å². The summed E-state index contributed by atoms with van der Waals surface area (Å²) in [5, 5.41) is 0. The molecule has 0 aliphatic heterocycles. The molecule has 2 unspecified atom stereocenters. The predicted octanol–water partition coefficient (Wildman–Crippen LogP) is 1.47. The Morgan fingerprint density at radius 3 is 2.29 bits per heavy atom. The Kier molecular flexibility index (Phi) is 6.33. The van der Waals surface area contributed by atoms with Gasteiger partial charge in [0.2, 0.25) is 0 Å². The largest absolute Gasteiger partial charge is 0.383 e. The van der Waals surface area contributed by atoms with E-state index in [2.05, 4.69) is 32.6 Å². The van der Waals surface area contributed by atoms with Crippen LogP contribution in [-0.2, 0) is 4.74 Å². The van der Waals surface area contributed by atoms with Gasteiger partial charge in [0.25, 0.3) is 0 Å². The highest BCUT2D eigenvalue weighted by Gasteiger charge is 2.30. The van der Waals surface area contributed by atoms with Crippen molar-refractivity contribution in [2.75, 3.05) is 26.8 Å². The van der Waals surface area contributed by atoms with E-state index in [1.54, 1.807) is 7.11 Å². The number of nitrogens with two attached hydrogens (primary N) is 1. The zero-order valence-electron chi connectivity index (χ0n) is 10.3. The van der Waals surface area contributed by atoms with Gasteiger partial charge < -0.3 is 10.5 Å². The number of likely N-dealkylation sites (N-methyl/N-ethyl adjacent to an activating group) is 1. The van der Waals surface area contributed by atoms with E-state index in [1.165, 1.54) is 0 Å². The third kappa shape index (κ3) is 3.23. The van der Waals surface area contributed by atoms with Crippen LogP contribution in [0.25, 0.3) is 0 Å². The van der Waals surface area contributed by atoms with Crippen LogP contribution in [0.2, 0.25) is 0 Å². The molecule has 0 saturated heterocycles. The van der Waals surface area contributed by atoms with Crippen LogP contribution in [0, 0.1) is 0 Å². The second kappa shape index (κ2) is 6.38. The Labute approximate surface area is 88.6 Å². The zero-order valence-corrected chi connectivity index (χ0v) is 10.3. The fourth-order valence-corrected chi connectivity index (χ4v) is 2.02. The Morgan fingerprint density at radius 2 is 2.00 bits per heavy atom. The van der Waals surface area contributed by atoms with Gasteiger partial charge in [0.05, 0.1) is 6.61 Å². The first-order chi connectivity index (χ1) is 6.55. The van der Waals surface area contributed by atoms with Gasteiger partial charge in [0.15, 0.2) is 0 Å². The molecule has 0 radical (unpaired) electrons. The van der Waals surface area contributed by atoms with Crippen molar-refractivity contribution in [2.24, 2.45) is 5.73 Å². The van der Waals surface area contributed by atoms with E-state index < -0.39 is 0 Å². The van der Waals surface area contributed by atoms with Crippen molar-refractivity contribution >= 4 is 0 Å². The highest BCUT2D eigenvalue weighted by Crippen LogP contribution is 2.20. The minimum absolute atomic E-state index is 0.104. The van der Waals surface area contributed by atoms with Crippen LogP contribution in [0.4, 0.5) is 0 Å². The van der Waals surface area contributed by atoms with E-state index >= 15 is 0 Å². The number of hydrogen-bond donors (Lipinski definition) is 1. The summed E-state index contributed by atoms with van der Waals surface area (Å²) in [5.74, 6) is 0. The third-order valence-corrected chi connectivity index (χ3v) is 3.18. The van der Waals surface area contributed by atoms with Crippen molar-refractivity contribution in [1.82, 2.24) is 4.90 Å². The molecule has 2 atom stereocenters. The number of rotatable bonds is 7. The van der Waals surface area contributed by atoms with Gasteiger partial charge in [-0.2, -0.15) is 0 Å². The van der Waals surface area contributed by atoms with Gasteiger partial charge in [0.1, 0.15) is 0 Å². The summed E-state index contributed by atoms with van der Waals surface area (Å²) in [5.41, 5.74) is 5.95. The first-order valence-electron chi connectivity index (χ1n) is 5.51. The molecule has 0 aromatic heterocycles. The van der Waals surface area contributed by atoms with E-state index in [4.69, 9.17) is 10.5 Å². The number of hydrogen-bond acceptors (Lipinski definition) is 3. The molecule has 0 aromatic rings. The van der Waals surface area contributed by atoms with Crippen LogP contribution in [-0.4, -0.2) is 43.3 Å². The molecule has 0 spiro atoms. The highest BCUT2D eigenvalue weighted by atomic mass is 16.5. The minimum Gasteiger partial charge on any atom is -0.383 e. The van der Waals surface area contributed by atoms with Gasteiger partial charge in [-0.1, -0.05) is 13.8 Å². The zero-order chi connectivity index (χ0) is 11.2. The van der Waals surface area contributed by atoms with E-state index in [9.17, 15) is 0 Å². The summed E-state index contributed by atoms with van der Waals surface area (Å²) in [4.78, 5) is 2.43. The van der Waals surface area contributed by atoms with Crippen molar-refractivity contribution in [3.63, 3.8) is 0 Å². The average Bonchev–Trinajstić information content (AvgIpc) is 2.19. The molecule has 2 N–H and O–H groups in total. The van der Waals surface area contributed by atoms with E-state index in [-0.39, 0.29) is 5.54 Å². The van der Waals surface area contributed by atoms with Crippen molar-refractivity contribution in [2.45, 2.75) is 45.7 Å². The summed E-state index contributed by atoms with van der Waals surface area (Å²) >= 11 is 0. The van der Waals surface area contributed by atoms with E-state index in [0.717, 1.165) is 19.6 Å². The molecule has 0 heterocycles. The summed E-state index contributed by atoms with van der Waals surface area (Å²) in [6.45, 7) is 11.3. The molecule has 3 nitrogen and oxygen atoms in total. The van der Waals surface area contributed by atoms with E-state index in [0.29, 0.717) is 12.6 Å². The predicted molar refractivity (Wildman–Crippen MR) is 61.5 cm³/mol. The molecule has 0 amide bonds. The monoisotopic (exact) mass is 202 g/mol. The van der Waals surface area contributed by atoms with Crippen LogP contribution in [0.5, 0.6) is 0 Å². The third-order valence-electron chi connectivity index (χ3n) is 3.18.